The van der Waals surface area contributed by atoms with E-state index in [0.717, 1.165) is 36.4 Å². The van der Waals surface area contributed by atoms with Crippen molar-refractivity contribution < 1.29 is 9.59 Å². The van der Waals surface area contributed by atoms with Crippen LogP contribution in [-0.4, -0.2) is 42.2 Å². The van der Waals surface area contributed by atoms with Gasteiger partial charge in [0.25, 0.3) is 0 Å². The second kappa shape index (κ2) is 13.6. The molecule has 1 fully saturated rings. The Hall–Kier alpha value is -3.38. The Morgan fingerprint density at radius 3 is 1.92 bits per heavy atom. The fraction of sp³-hybridized carbons (Fsp3) is 0.333. The van der Waals surface area contributed by atoms with Gasteiger partial charge in [0.05, 0.1) is 22.9 Å². The van der Waals surface area contributed by atoms with Crippen LogP contribution in [0, 0.1) is 33.5 Å². The smallest absolute Gasteiger partial charge is 0.231 e. The standard InChI is InChI=1S/C24H28N8O2S2/c25-19(35-23(27)31-20(33)13-17-5-1-3-9-29-17)12-15-7-8-16(11-15)22(26)36-24(28)32-21(34)14-18-6-2-4-10-30-18/h1-6,9-10,15-16,25-26H,7-8,11-14H2,(H2,27,31,33)(H2,28,32,34)/t15-,16+/m0/s1. The summed E-state index contributed by atoms with van der Waals surface area (Å²) in [5.41, 5.74) is 1.23. The van der Waals surface area contributed by atoms with Crippen LogP contribution in [0.3, 0.4) is 0 Å². The first-order chi connectivity index (χ1) is 17.3. The lowest BCUT2D eigenvalue weighted by Gasteiger charge is -2.14. The van der Waals surface area contributed by atoms with Gasteiger partial charge in [0, 0.05) is 29.7 Å². The summed E-state index contributed by atoms with van der Waals surface area (Å²) >= 11 is 1.87. The monoisotopic (exact) mass is 524 g/mol. The highest BCUT2D eigenvalue weighted by Gasteiger charge is 2.30. The maximum atomic E-state index is 12.1. The van der Waals surface area contributed by atoms with Crippen molar-refractivity contribution in [3.05, 3.63) is 60.2 Å². The number of nitrogens with zero attached hydrogens (tertiary/aromatic N) is 2. The summed E-state index contributed by atoms with van der Waals surface area (Å²) in [6.07, 6.45) is 6.15. The van der Waals surface area contributed by atoms with Crippen LogP contribution in [0.4, 0.5) is 0 Å². The van der Waals surface area contributed by atoms with Gasteiger partial charge in [0.2, 0.25) is 11.8 Å². The molecule has 2 aromatic heterocycles. The highest BCUT2D eigenvalue weighted by molar-refractivity contribution is 8.26. The van der Waals surface area contributed by atoms with E-state index in [2.05, 4.69) is 20.6 Å². The number of thioether (sulfide) groups is 2. The maximum absolute atomic E-state index is 12.1. The van der Waals surface area contributed by atoms with Crippen molar-refractivity contribution in [2.45, 2.75) is 38.5 Å². The van der Waals surface area contributed by atoms with Gasteiger partial charge in [-0.15, -0.1) is 0 Å². The van der Waals surface area contributed by atoms with Crippen molar-refractivity contribution in [2.24, 2.45) is 11.8 Å². The van der Waals surface area contributed by atoms with Crippen molar-refractivity contribution in [3.8, 4) is 0 Å². The summed E-state index contributed by atoms with van der Waals surface area (Å²) in [5.74, 6) is -0.521. The van der Waals surface area contributed by atoms with E-state index in [1.165, 1.54) is 0 Å². The van der Waals surface area contributed by atoms with Crippen LogP contribution in [0.2, 0.25) is 0 Å². The number of carbonyl (C=O) groups excluding carboxylic acids is 2. The third kappa shape index (κ3) is 9.34. The van der Waals surface area contributed by atoms with Gasteiger partial charge in [-0.2, -0.15) is 0 Å². The molecule has 1 aliphatic rings. The summed E-state index contributed by atoms with van der Waals surface area (Å²) in [6.45, 7) is 0. The molecule has 3 rings (SSSR count). The highest BCUT2D eigenvalue weighted by Crippen LogP contribution is 2.37. The molecule has 12 heteroatoms. The first-order valence-corrected chi connectivity index (χ1v) is 13.0. The lowest BCUT2D eigenvalue weighted by atomic mass is 10.0. The molecule has 10 nitrogen and oxygen atoms in total. The zero-order valence-electron chi connectivity index (χ0n) is 19.5. The van der Waals surface area contributed by atoms with E-state index in [-0.39, 0.29) is 51.9 Å². The van der Waals surface area contributed by atoms with Crippen molar-refractivity contribution in [3.63, 3.8) is 0 Å². The number of pyridine rings is 2. The van der Waals surface area contributed by atoms with Crippen LogP contribution in [0.15, 0.2) is 48.8 Å². The number of aromatic nitrogens is 2. The molecule has 6 N–H and O–H groups in total. The number of nitrogens with one attached hydrogen (secondary N) is 6. The largest absolute Gasteiger partial charge is 0.305 e. The molecule has 0 unspecified atom stereocenters. The molecule has 1 aliphatic carbocycles. The van der Waals surface area contributed by atoms with Crippen LogP contribution in [-0.2, 0) is 22.4 Å². The first-order valence-electron chi connectivity index (χ1n) is 11.4. The van der Waals surface area contributed by atoms with Crippen molar-refractivity contribution >= 4 is 55.8 Å². The van der Waals surface area contributed by atoms with Crippen LogP contribution in [0.5, 0.6) is 0 Å². The molecule has 36 heavy (non-hydrogen) atoms. The van der Waals surface area contributed by atoms with E-state index < -0.39 is 0 Å². The Balaban J connectivity index is 1.34. The number of hydrogen-bond donors (Lipinski definition) is 6. The molecule has 2 aromatic rings. The second-order valence-corrected chi connectivity index (χ2v) is 10.5. The van der Waals surface area contributed by atoms with Crippen molar-refractivity contribution in [1.82, 2.24) is 20.6 Å². The molecule has 0 saturated heterocycles. The molecule has 0 radical (unpaired) electrons. The molecule has 0 aromatic carbocycles. The fourth-order valence-corrected chi connectivity index (χ4v) is 5.34. The zero-order valence-corrected chi connectivity index (χ0v) is 21.2. The average Bonchev–Trinajstić information content (AvgIpc) is 3.28. The lowest BCUT2D eigenvalue weighted by Crippen LogP contribution is -2.30. The van der Waals surface area contributed by atoms with Crippen molar-refractivity contribution in [2.75, 3.05) is 0 Å². The average molecular weight is 525 g/mol. The minimum atomic E-state index is -0.347. The maximum Gasteiger partial charge on any atom is 0.231 e. The molecule has 2 atom stereocenters. The predicted molar refractivity (Wildman–Crippen MR) is 144 cm³/mol. The second-order valence-electron chi connectivity index (χ2n) is 8.32. The summed E-state index contributed by atoms with van der Waals surface area (Å²) in [7, 11) is 0. The van der Waals surface area contributed by atoms with Crippen LogP contribution in [0.25, 0.3) is 0 Å². The number of rotatable bonds is 7. The molecule has 1 saturated carbocycles. The summed E-state index contributed by atoms with van der Waals surface area (Å²) in [6, 6.07) is 10.6. The van der Waals surface area contributed by atoms with Gasteiger partial charge < -0.3 is 10.6 Å². The Bertz CT molecular complexity index is 1130. The first kappa shape index (κ1) is 27.2. The van der Waals surface area contributed by atoms with E-state index in [1.807, 2.05) is 0 Å². The van der Waals surface area contributed by atoms with Crippen LogP contribution >= 0.6 is 23.5 Å². The number of hydrogen-bond acceptors (Lipinski definition) is 10. The minimum absolute atomic E-state index is 0.0247. The van der Waals surface area contributed by atoms with E-state index in [1.54, 1.807) is 48.8 Å². The molecule has 2 amide bonds. The highest BCUT2D eigenvalue weighted by atomic mass is 32.2. The van der Waals surface area contributed by atoms with E-state index >= 15 is 0 Å². The Morgan fingerprint density at radius 2 is 1.39 bits per heavy atom. The number of carbonyl (C=O) groups is 2. The van der Waals surface area contributed by atoms with Gasteiger partial charge in [-0.1, -0.05) is 12.1 Å². The van der Waals surface area contributed by atoms with Gasteiger partial charge in [-0.3, -0.25) is 41.2 Å². The Labute approximate surface area is 217 Å². The summed E-state index contributed by atoms with van der Waals surface area (Å²) in [5, 5.41) is 38.0. The van der Waals surface area contributed by atoms with E-state index in [4.69, 9.17) is 21.6 Å². The summed E-state index contributed by atoms with van der Waals surface area (Å²) in [4.78, 5) is 32.3. The number of amides is 2. The molecule has 2 heterocycles. The van der Waals surface area contributed by atoms with Crippen molar-refractivity contribution in [1.29, 1.82) is 21.6 Å². The molecule has 0 bridgehead atoms. The Kier molecular flexibility index (Phi) is 10.3. The SMILES string of the molecule is N=C(C[C@H]1CC[C@@H](C(=N)SC(=N)NC(=O)Cc2ccccn2)C1)SC(=N)NC(=O)Cc1ccccn1. The van der Waals surface area contributed by atoms with E-state index in [0.29, 0.717) is 29.3 Å². The molecule has 0 spiro atoms. The molecule has 188 valence electrons. The molecular weight excluding hydrogens is 496 g/mol. The van der Waals surface area contributed by atoms with E-state index in [9.17, 15) is 9.59 Å². The zero-order chi connectivity index (χ0) is 25.9. The van der Waals surface area contributed by atoms with Gasteiger partial charge in [0.15, 0.2) is 10.3 Å². The molecular formula is C24H28N8O2S2. The van der Waals surface area contributed by atoms with Crippen LogP contribution in [0.1, 0.15) is 37.1 Å². The predicted octanol–water partition coefficient (Wildman–Crippen LogP) is 3.59. The third-order valence-corrected chi connectivity index (χ3v) is 7.04. The van der Waals surface area contributed by atoms with Crippen LogP contribution < -0.4 is 10.6 Å². The normalized spacial score (nSPS) is 16.7. The number of amidine groups is 2. The van der Waals surface area contributed by atoms with Gasteiger partial charge in [-0.25, -0.2) is 0 Å². The lowest BCUT2D eigenvalue weighted by molar-refractivity contribution is -0.119. The third-order valence-electron chi connectivity index (χ3n) is 5.46. The molecule has 0 aliphatic heterocycles. The fourth-order valence-electron chi connectivity index (χ4n) is 3.85. The quantitative estimate of drug-likeness (QED) is 0.238. The minimum Gasteiger partial charge on any atom is -0.305 e. The van der Waals surface area contributed by atoms with Gasteiger partial charge in [-0.05, 0) is 79.4 Å². The summed E-state index contributed by atoms with van der Waals surface area (Å²) < 4.78 is 0. The van der Waals surface area contributed by atoms with Gasteiger partial charge >= 0.3 is 0 Å². The Morgan fingerprint density at radius 1 is 0.833 bits per heavy atom. The topological polar surface area (TPSA) is 179 Å². The van der Waals surface area contributed by atoms with Gasteiger partial charge in [0.1, 0.15) is 0 Å².